The van der Waals surface area contributed by atoms with Crippen molar-refractivity contribution >= 4 is 23.1 Å². The lowest BCUT2D eigenvalue weighted by Crippen LogP contribution is -2.54. The van der Waals surface area contributed by atoms with Crippen LogP contribution in [0.3, 0.4) is 0 Å². The van der Waals surface area contributed by atoms with E-state index < -0.39 is 11.7 Å². The Morgan fingerprint density at radius 3 is 2.42 bits per heavy atom. The third-order valence-corrected chi connectivity index (χ3v) is 5.76. The Kier molecular flexibility index (Phi) is 5.89. The molecular weight excluding hydrogens is 361 g/mol. The lowest BCUT2D eigenvalue weighted by Gasteiger charge is -2.39. The van der Waals surface area contributed by atoms with Crippen molar-refractivity contribution in [1.82, 2.24) is 15.2 Å². The number of hydrogen-bond donors (Lipinski definition) is 1. The van der Waals surface area contributed by atoms with Gasteiger partial charge in [-0.3, -0.25) is 0 Å². The van der Waals surface area contributed by atoms with Crippen LogP contribution in [0, 0.1) is 5.92 Å². The summed E-state index contributed by atoms with van der Waals surface area (Å²) >= 11 is 5.58. The minimum atomic E-state index is -4.35. The van der Waals surface area contributed by atoms with Gasteiger partial charge >= 0.3 is 6.18 Å². The second-order valence-corrected chi connectivity index (χ2v) is 7.58. The van der Waals surface area contributed by atoms with E-state index in [2.05, 4.69) is 22.1 Å². The number of nitrogens with zero attached hydrogens (tertiary/aromatic N) is 3. The predicted octanol–water partition coefficient (Wildman–Crippen LogP) is 3.68. The SMILES string of the molecule is C[C@@H]1CCCC[C@H]1NC(=S)N1CCN(c2ccc(C(F)(F)F)cn2)CC1. The van der Waals surface area contributed by atoms with Gasteiger partial charge in [0.05, 0.1) is 5.56 Å². The highest BCUT2D eigenvalue weighted by molar-refractivity contribution is 7.80. The Hall–Kier alpha value is -1.57. The predicted molar refractivity (Wildman–Crippen MR) is 100 cm³/mol. The number of rotatable bonds is 2. The standard InChI is InChI=1S/C18H25F3N4S/c1-13-4-2-3-5-15(13)23-17(26)25-10-8-24(9-11-25)16-7-6-14(12-22-16)18(19,20)21/h6-7,12-13,15H,2-5,8-11H2,1H3,(H,23,26)/t13-,15-/m1/s1. The van der Waals surface area contributed by atoms with E-state index in [0.29, 0.717) is 30.9 Å². The first kappa shape index (κ1) is 19.2. The number of anilines is 1. The first-order valence-electron chi connectivity index (χ1n) is 9.18. The fourth-order valence-corrected chi connectivity index (χ4v) is 3.99. The van der Waals surface area contributed by atoms with Crippen molar-refractivity contribution < 1.29 is 13.2 Å². The maximum atomic E-state index is 12.6. The Bertz CT molecular complexity index is 612. The van der Waals surface area contributed by atoms with Gasteiger partial charge < -0.3 is 15.1 Å². The number of hydrogen-bond acceptors (Lipinski definition) is 3. The minimum Gasteiger partial charge on any atom is -0.360 e. The van der Waals surface area contributed by atoms with Crippen LogP contribution in [0.5, 0.6) is 0 Å². The van der Waals surface area contributed by atoms with Crippen molar-refractivity contribution in [3.63, 3.8) is 0 Å². The van der Waals surface area contributed by atoms with Crippen LogP contribution in [-0.2, 0) is 6.18 Å². The smallest absolute Gasteiger partial charge is 0.360 e. The molecule has 1 saturated heterocycles. The maximum absolute atomic E-state index is 12.6. The summed E-state index contributed by atoms with van der Waals surface area (Å²) in [5.41, 5.74) is -0.716. The molecule has 1 aromatic rings. The first-order valence-corrected chi connectivity index (χ1v) is 9.59. The zero-order valence-electron chi connectivity index (χ0n) is 14.9. The molecule has 3 rings (SSSR count). The Labute approximate surface area is 157 Å². The van der Waals surface area contributed by atoms with Crippen molar-refractivity contribution in [2.75, 3.05) is 31.1 Å². The van der Waals surface area contributed by atoms with Gasteiger partial charge in [-0.15, -0.1) is 0 Å². The molecule has 1 aliphatic carbocycles. The third kappa shape index (κ3) is 4.58. The lowest BCUT2D eigenvalue weighted by atomic mass is 9.86. The Morgan fingerprint density at radius 1 is 1.15 bits per heavy atom. The van der Waals surface area contributed by atoms with Crippen LogP contribution < -0.4 is 10.2 Å². The zero-order valence-corrected chi connectivity index (χ0v) is 15.7. The van der Waals surface area contributed by atoms with E-state index in [-0.39, 0.29) is 0 Å². The lowest BCUT2D eigenvalue weighted by molar-refractivity contribution is -0.137. The van der Waals surface area contributed by atoms with Crippen LogP contribution in [0.15, 0.2) is 18.3 Å². The van der Waals surface area contributed by atoms with E-state index in [1.807, 2.05) is 4.90 Å². The Balaban J connectivity index is 1.51. The van der Waals surface area contributed by atoms with Crippen LogP contribution in [0.1, 0.15) is 38.2 Å². The fraction of sp³-hybridized carbons (Fsp3) is 0.667. The van der Waals surface area contributed by atoms with Gasteiger partial charge in [0.2, 0.25) is 0 Å². The molecule has 0 spiro atoms. The molecule has 2 aliphatic rings. The molecule has 26 heavy (non-hydrogen) atoms. The molecule has 1 N–H and O–H groups in total. The summed E-state index contributed by atoms with van der Waals surface area (Å²) in [5, 5.41) is 4.31. The molecule has 2 fully saturated rings. The molecule has 1 aliphatic heterocycles. The van der Waals surface area contributed by atoms with E-state index in [4.69, 9.17) is 12.2 Å². The Morgan fingerprint density at radius 2 is 1.85 bits per heavy atom. The van der Waals surface area contributed by atoms with Crippen LogP contribution in [-0.4, -0.2) is 47.2 Å². The number of alkyl halides is 3. The van der Waals surface area contributed by atoms with Gasteiger partial charge in [-0.25, -0.2) is 4.98 Å². The van der Waals surface area contributed by atoms with Gasteiger partial charge in [0.25, 0.3) is 0 Å². The van der Waals surface area contributed by atoms with E-state index in [1.165, 1.54) is 25.3 Å². The number of thiocarbonyl (C=S) groups is 1. The summed E-state index contributed by atoms with van der Waals surface area (Å²) < 4.78 is 37.9. The molecule has 0 amide bonds. The van der Waals surface area contributed by atoms with Crippen LogP contribution >= 0.6 is 12.2 Å². The molecule has 2 atom stereocenters. The largest absolute Gasteiger partial charge is 0.417 e. The average Bonchev–Trinajstić information content (AvgIpc) is 2.63. The highest BCUT2D eigenvalue weighted by atomic mass is 32.1. The number of aromatic nitrogens is 1. The van der Waals surface area contributed by atoms with Crippen molar-refractivity contribution in [3.8, 4) is 0 Å². The summed E-state index contributed by atoms with van der Waals surface area (Å²) in [6.07, 6.45) is 1.50. The van der Waals surface area contributed by atoms with Gasteiger partial charge in [0, 0.05) is 38.4 Å². The molecule has 4 nitrogen and oxygen atoms in total. The van der Waals surface area contributed by atoms with Crippen LogP contribution in [0.25, 0.3) is 0 Å². The average molecular weight is 386 g/mol. The molecule has 8 heteroatoms. The van der Waals surface area contributed by atoms with Gasteiger partial charge in [0.15, 0.2) is 5.11 Å². The highest BCUT2D eigenvalue weighted by Gasteiger charge is 2.31. The summed E-state index contributed by atoms with van der Waals surface area (Å²) in [6.45, 7) is 5.15. The van der Waals surface area contributed by atoms with Gasteiger partial charge in [-0.05, 0) is 43.1 Å². The molecular formula is C18H25F3N4S. The maximum Gasteiger partial charge on any atom is 0.417 e. The van der Waals surface area contributed by atoms with Gasteiger partial charge in [-0.2, -0.15) is 13.2 Å². The van der Waals surface area contributed by atoms with E-state index in [9.17, 15) is 13.2 Å². The normalized spacial score (nSPS) is 24.5. The van der Waals surface area contributed by atoms with E-state index in [1.54, 1.807) is 0 Å². The fourth-order valence-electron chi connectivity index (χ4n) is 3.66. The number of halogens is 3. The molecule has 0 bridgehead atoms. The van der Waals surface area contributed by atoms with Gasteiger partial charge in [0.1, 0.15) is 5.82 Å². The molecule has 1 aromatic heterocycles. The summed E-state index contributed by atoms with van der Waals surface area (Å²) in [5.74, 6) is 1.22. The molecule has 0 radical (unpaired) electrons. The minimum absolute atomic E-state index is 0.450. The summed E-state index contributed by atoms with van der Waals surface area (Å²) in [6, 6.07) is 2.98. The molecule has 144 valence electrons. The van der Waals surface area contributed by atoms with Crippen molar-refractivity contribution in [2.24, 2.45) is 5.92 Å². The monoisotopic (exact) mass is 386 g/mol. The van der Waals surface area contributed by atoms with Gasteiger partial charge in [-0.1, -0.05) is 19.8 Å². The zero-order chi connectivity index (χ0) is 18.7. The molecule has 0 aromatic carbocycles. The summed E-state index contributed by atoms with van der Waals surface area (Å²) in [7, 11) is 0. The van der Waals surface area contributed by atoms with E-state index >= 15 is 0 Å². The number of piperazine rings is 1. The summed E-state index contributed by atoms with van der Waals surface area (Å²) in [4.78, 5) is 8.13. The second-order valence-electron chi connectivity index (χ2n) is 7.19. The van der Waals surface area contributed by atoms with Crippen LogP contribution in [0.2, 0.25) is 0 Å². The number of nitrogens with one attached hydrogen (secondary N) is 1. The van der Waals surface area contributed by atoms with Crippen molar-refractivity contribution in [2.45, 2.75) is 44.8 Å². The highest BCUT2D eigenvalue weighted by Crippen LogP contribution is 2.29. The number of pyridine rings is 1. The molecule has 2 heterocycles. The van der Waals surface area contributed by atoms with E-state index in [0.717, 1.165) is 36.9 Å². The van der Waals surface area contributed by atoms with Crippen LogP contribution in [0.4, 0.5) is 19.0 Å². The second kappa shape index (κ2) is 7.98. The first-order chi connectivity index (χ1) is 12.3. The third-order valence-electron chi connectivity index (χ3n) is 5.39. The topological polar surface area (TPSA) is 31.4 Å². The molecule has 0 unspecified atom stereocenters. The van der Waals surface area contributed by atoms with Crippen molar-refractivity contribution in [3.05, 3.63) is 23.9 Å². The quantitative estimate of drug-likeness (QED) is 0.784. The molecule has 1 saturated carbocycles. The van der Waals surface area contributed by atoms with Crippen molar-refractivity contribution in [1.29, 1.82) is 0 Å².